The molecule has 24 heavy (non-hydrogen) atoms. The van der Waals surface area contributed by atoms with Crippen molar-refractivity contribution in [3.8, 4) is 11.4 Å². The Kier molecular flexibility index (Phi) is 4.48. The number of nitrogens with zero attached hydrogens (tertiary/aromatic N) is 4. The van der Waals surface area contributed by atoms with Crippen LogP contribution in [0.4, 0.5) is 10.2 Å². The smallest absolute Gasteiger partial charge is 0.240 e. The second-order valence-corrected chi connectivity index (χ2v) is 6.70. The van der Waals surface area contributed by atoms with Crippen LogP contribution in [0.15, 0.2) is 33.9 Å². The average Bonchev–Trinajstić information content (AvgIpc) is 2.99. The predicted molar refractivity (Wildman–Crippen MR) is 89.9 cm³/mol. The van der Waals surface area contributed by atoms with Gasteiger partial charge in [-0.15, -0.1) is 0 Å². The number of aryl methyl sites for hydroxylation is 2. The second kappa shape index (κ2) is 6.56. The highest BCUT2D eigenvalue weighted by Crippen LogP contribution is 2.33. The van der Waals surface area contributed by atoms with Crippen LogP contribution in [-0.2, 0) is 0 Å². The highest BCUT2D eigenvalue weighted by Gasteiger charge is 2.18. The number of hydrogen-bond donors (Lipinski definition) is 1. The Morgan fingerprint density at radius 1 is 1.17 bits per heavy atom. The van der Waals surface area contributed by atoms with E-state index in [-0.39, 0.29) is 11.1 Å². The summed E-state index contributed by atoms with van der Waals surface area (Å²) in [6.45, 7) is 5.45. The first-order valence-corrected chi connectivity index (χ1v) is 8.18. The van der Waals surface area contributed by atoms with Gasteiger partial charge in [0.1, 0.15) is 11.6 Å². The zero-order valence-corrected chi connectivity index (χ0v) is 14.3. The lowest BCUT2D eigenvalue weighted by Crippen LogP contribution is -1.98. The molecule has 0 spiro atoms. The molecule has 1 atom stereocenters. The van der Waals surface area contributed by atoms with Crippen molar-refractivity contribution in [2.24, 2.45) is 0 Å². The minimum atomic E-state index is -0.301. The Labute approximate surface area is 142 Å². The summed E-state index contributed by atoms with van der Waals surface area (Å²) in [6, 6.07) is 6.54. The first kappa shape index (κ1) is 16.4. The Morgan fingerprint density at radius 2 is 1.96 bits per heavy atom. The predicted octanol–water partition coefficient (Wildman–Crippen LogP) is 3.72. The molecule has 0 fully saturated rings. The van der Waals surface area contributed by atoms with Gasteiger partial charge in [0.25, 0.3) is 0 Å². The minimum Gasteiger partial charge on any atom is -0.384 e. The number of nitrogens with two attached hydrogens (primary N) is 1. The van der Waals surface area contributed by atoms with Gasteiger partial charge in [0.05, 0.1) is 5.25 Å². The van der Waals surface area contributed by atoms with Gasteiger partial charge < -0.3 is 10.3 Å². The molecular formula is C16H16FN5OS. The van der Waals surface area contributed by atoms with E-state index in [9.17, 15) is 4.39 Å². The van der Waals surface area contributed by atoms with Crippen molar-refractivity contribution in [3.63, 3.8) is 0 Å². The molecule has 0 saturated carbocycles. The van der Waals surface area contributed by atoms with Gasteiger partial charge in [-0.05, 0) is 32.4 Å². The first-order valence-electron chi connectivity index (χ1n) is 7.30. The van der Waals surface area contributed by atoms with E-state index in [1.165, 1.54) is 17.8 Å². The Balaban J connectivity index is 1.80. The van der Waals surface area contributed by atoms with Crippen LogP contribution < -0.4 is 5.73 Å². The van der Waals surface area contributed by atoms with Crippen LogP contribution in [0, 0.1) is 19.7 Å². The molecule has 1 unspecified atom stereocenters. The molecule has 2 N–H and O–H groups in total. The molecule has 6 nitrogen and oxygen atoms in total. The number of benzene rings is 1. The highest BCUT2D eigenvalue weighted by atomic mass is 32.2. The van der Waals surface area contributed by atoms with Gasteiger partial charge >= 0.3 is 0 Å². The fourth-order valence-electron chi connectivity index (χ4n) is 2.08. The van der Waals surface area contributed by atoms with Crippen molar-refractivity contribution < 1.29 is 8.91 Å². The van der Waals surface area contributed by atoms with Crippen LogP contribution in [-0.4, -0.2) is 20.1 Å². The highest BCUT2D eigenvalue weighted by molar-refractivity contribution is 7.99. The third kappa shape index (κ3) is 3.53. The van der Waals surface area contributed by atoms with Crippen molar-refractivity contribution >= 4 is 17.6 Å². The Morgan fingerprint density at radius 3 is 2.67 bits per heavy atom. The molecule has 8 heteroatoms. The molecule has 2 aromatic heterocycles. The zero-order valence-electron chi connectivity index (χ0n) is 13.4. The van der Waals surface area contributed by atoms with Crippen molar-refractivity contribution in [3.05, 3.63) is 47.2 Å². The standard InChI is InChI=1S/C16H16FN5OS/c1-8-4-5-11(7-12(8)17)14-21-15(23-22-14)10(3)24-16-19-9(2)6-13(18)20-16/h4-7,10H,1-3H3,(H2,18,19,20). The lowest BCUT2D eigenvalue weighted by molar-refractivity contribution is 0.380. The SMILES string of the molecule is Cc1cc(N)nc(SC(C)c2nc(-c3ccc(C)c(F)c3)no2)n1. The molecule has 0 radical (unpaired) electrons. The molecule has 1 aromatic carbocycles. The molecule has 0 aliphatic rings. The molecule has 0 aliphatic heterocycles. The van der Waals surface area contributed by atoms with Crippen LogP contribution >= 0.6 is 11.8 Å². The monoisotopic (exact) mass is 345 g/mol. The van der Waals surface area contributed by atoms with E-state index in [2.05, 4.69) is 20.1 Å². The summed E-state index contributed by atoms with van der Waals surface area (Å²) in [5, 5.41) is 4.30. The van der Waals surface area contributed by atoms with E-state index in [0.29, 0.717) is 33.8 Å². The lowest BCUT2D eigenvalue weighted by atomic mass is 10.1. The van der Waals surface area contributed by atoms with Gasteiger partial charge in [-0.1, -0.05) is 29.1 Å². The summed E-state index contributed by atoms with van der Waals surface area (Å²) in [7, 11) is 0. The molecule has 0 saturated heterocycles. The summed E-state index contributed by atoms with van der Waals surface area (Å²) in [6.07, 6.45) is 0. The number of aromatic nitrogens is 4. The molecule has 124 valence electrons. The average molecular weight is 345 g/mol. The van der Waals surface area contributed by atoms with E-state index in [4.69, 9.17) is 10.3 Å². The summed E-state index contributed by atoms with van der Waals surface area (Å²) in [4.78, 5) is 12.8. The molecule has 3 rings (SSSR count). The maximum atomic E-state index is 13.7. The third-order valence-corrected chi connectivity index (χ3v) is 4.30. The summed E-state index contributed by atoms with van der Waals surface area (Å²) < 4.78 is 19.0. The normalized spacial score (nSPS) is 12.3. The van der Waals surface area contributed by atoms with E-state index < -0.39 is 0 Å². The number of halogens is 1. The summed E-state index contributed by atoms with van der Waals surface area (Å²) in [5.74, 6) is 0.879. The largest absolute Gasteiger partial charge is 0.384 e. The molecule has 2 heterocycles. The maximum Gasteiger partial charge on any atom is 0.240 e. The summed E-state index contributed by atoms with van der Waals surface area (Å²) in [5.41, 5.74) is 7.66. The van der Waals surface area contributed by atoms with Crippen molar-refractivity contribution in [2.75, 3.05) is 5.73 Å². The van der Waals surface area contributed by atoms with Crippen molar-refractivity contribution in [1.82, 2.24) is 20.1 Å². The van der Waals surface area contributed by atoms with Crippen molar-refractivity contribution in [2.45, 2.75) is 31.2 Å². The van der Waals surface area contributed by atoms with Crippen LogP contribution in [0.25, 0.3) is 11.4 Å². The Hall–Kier alpha value is -2.48. The van der Waals surface area contributed by atoms with Gasteiger partial charge in [0, 0.05) is 17.3 Å². The number of hydrogen-bond acceptors (Lipinski definition) is 7. The van der Waals surface area contributed by atoms with Gasteiger partial charge in [0.15, 0.2) is 5.16 Å². The summed E-state index contributed by atoms with van der Waals surface area (Å²) >= 11 is 1.37. The van der Waals surface area contributed by atoms with Crippen LogP contribution in [0.1, 0.15) is 29.3 Å². The topological polar surface area (TPSA) is 90.7 Å². The molecule has 3 aromatic rings. The van der Waals surface area contributed by atoms with E-state index in [1.807, 2.05) is 13.8 Å². The zero-order chi connectivity index (χ0) is 17.3. The van der Waals surface area contributed by atoms with Crippen molar-refractivity contribution in [1.29, 1.82) is 0 Å². The second-order valence-electron chi connectivity index (χ2n) is 5.40. The molecular weight excluding hydrogens is 329 g/mol. The fraction of sp³-hybridized carbons (Fsp3) is 0.250. The van der Waals surface area contributed by atoms with E-state index in [0.717, 1.165) is 5.69 Å². The molecule has 0 amide bonds. The van der Waals surface area contributed by atoms with E-state index >= 15 is 0 Å². The van der Waals surface area contributed by atoms with Crippen LogP contribution in [0.5, 0.6) is 0 Å². The first-order chi connectivity index (χ1) is 11.4. The van der Waals surface area contributed by atoms with Gasteiger partial charge in [-0.3, -0.25) is 0 Å². The third-order valence-electron chi connectivity index (χ3n) is 3.36. The van der Waals surface area contributed by atoms with Gasteiger partial charge in [0.2, 0.25) is 11.7 Å². The minimum absolute atomic E-state index is 0.164. The molecule has 0 bridgehead atoms. The Bertz CT molecular complexity index is 862. The van der Waals surface area contributed by atoms with Gasteiger partial charge in [-0.2, -0.15) is 4.98 Å². The van der Waals surface area contributed by atoms with Crippen LogP contribution in [0.2, 0.25) is 0 Å². The fourth-order valence-corrected chi connectivity index (χ4v) is 2.94. The number of anilines is 1. The number of thioether (sulfide) groups is 1. The van der Waals surface area contributed by atoms with Gasteiger partial charge in [-0.25, -0.2) is 14.4 Å². The maximum absolute atomic E-state index is 13.7. The number of nitrogen functional groups attached to an aromatic ring is 1. The number of rotatable bonds is 4. The van der Waals surface area contributed by atoms with E-state index in [1.54, 1.807) is 25.1 Å². The lowest BCUT2D eigenvalue weighted by Gasteiger charge is -2.06. The quantitative estimate of drug-likeness (QED) is 0.569. The molecule has 0 aliphatic carbocycles. The van der Waals surface area contributed by atoms with Crippen LogP contribution in [0.3, 0.4) is 0 Å².